The number of carbonyl (C=O) groups excluding carboxylic acids is 1. The van der Waals surface area contributed by atoms with Gasteiger partial charge in [-0.05, 0) is 54.6 Å². The van der Waals surface area contributed by atoms with Crippen LogP contribution in [0.4, 0.5) is 10.1 Å². The number of carbonyl (C=O) groups is 1. The summed E-state index contributed by atoms with van der Waals surface area (Å²) in [4.78, 5) is 19.0. The molecule has 0 bridgehead atoms. The van der Waals surface area contributed by atoms with Gasteiger partial charge in [0.1, 0.15) is 17.3 Å². The van der Waals surface area contributed by atoms with Gasteiger partial charge in [-0.25, -0.2) is 9.38 Å². The quantitative estimate of drug-likeness (QED) is 0.760. The molecule has 1 fully saturated rings. The molecule has 0 radical (unpaired) electrons. The van der Waals surface area contributed by atoms with E-state index in [0.29, 0.717) is 16.6 Å². The molecular formula is C19H17FN2O2S. The first-order valence-corrected chi connectivity index (χ1v) is 8.62. The van der Waals surface area contributed by atoms with Crippen molar-refractivity contribution in [1.29, 1.82) is 0 Å². The van der Waals surface area contributed by atoms with Crippen molar-refractivity contribution < 1.29 is 13.9 Å². The van der Waals surface area contributed by atoms with E-state index in [1.807, 2.05) is 31.2 Å². The minimum Gasteiger partial charge on any atom is -0.497 e. The summed E-state index contributed by atoms with van der Waals surface area (Å²) in [6, 6.07) is 13.7. The van der Waals surface area contributed by atoms with Crippen LogP contribution >= 0.6 is 11.8 Å². The van der Waals surface area contributed by atoms with Gasteiger partial charge in [0.05, 0.1) is 12.0 Å². The van der Waals surface area contributed by atoms with Gasteiger partial charge >= 0.3 is 0 Å². The molecule has 128 valence electrons. The summed E-state index contributed by atoms with van der Waals surface area (Å²) in [6.07, 6.45) is 1.80. The highest BCUT2D eigenvalue weighted by molar-refractivity contribution is 8.18. The number of thioether (sulfide) groups is 1. The number of hydrogen-bond donors (Lipinski definition) is 0. The Balaban J connectivity index is 1.91. The van der Waals surface area contributed by atoms with Crippen molar-refractivity contribution in [2.24, 2.45) is 4.99 Å². The molecule has 0 atom stereocenters. The lowest BCUT2D eigenvalue weighted by atomic mass is 10.2. The Morgan fingerprint density at radius 3 is 2.56 bits per heavy atom. The van der Waals surface area contributed by atoms with Gasteiger partial charge in [-0.15, -0.1) is 0 Å². The first-order chi connectivity index (χ1) is 12.1. The van der Waals surface area contributed by atoms with Crippen molar-refractivity contribution in [3.8, 4) is 5.75 Å². The third-order valence-corrected chi connectivity index (χ3v) is 4.69. The highest BCUT2D eigenvalue weighted by Gasteiger charge is 2.32. The zero-order valence-corrected chi connectivity index (χ0v) is 14.7. The molecule has 1 aliphatic heterocycles. The summed E-state index contributed by atoms with van der Waals surface area (Å²) in [7, 11) is 1.61. The van der Waals surface area contributed by atoms with Crippen LogP contribution in [0.2, 0.25) is 0 Å². The molecule has 1 aliphatic rings. The van der Waals surface area contributed by atoms with E-state index < -0.39 is 5.82 Å². The summed E-state index contributed by atoms with van der Waals surface area (Å²) in [5.74, 6) is 0.217. The highest BCUT2D eigenvalue weighted by Crippen LogP contribution is 2.34. The maximum Gasteiger partial charge on any atom is 0.266 e. The number of amidine groups is 1. The fourth-order valence-corrected chi connectivity index (χ4v) is 3.42. The SMILES string of the molecule is CCN1C(=O)/C(=C\c2ccc(OC)cc2)SC1=Nc1ccccc1F. The number of hydrogen-bond acceptors (Lipinski definition) is 4. The zero-order chi connectivity index (χ0) is 17.8. The zero-order valence-electron chi connectivity index (χ0n) is 13.9. The Labute approximate surface area is 150 Å². The largest absolute Gasteiger partial charge is 0.497 e. The molecule has 1 heterocycles. The molecule has 2 aromatic carbocycles. The van der Waals surface area contributed by atoms with E-state index in [4.69, 9.17) is 4.74 Å². The normalized spacial score (nSPS) is 17.6. The predicted molar refractivity (Wildman–Crippen MR) is 99.4 cm³/mol. The Morgan fingerprint density at radius 1 is 1.20 bits per heavy atom. The second-order valence-corrected chi connectivity index (χ2v) is 6.29. The Morgan fingerprint density at radius 2 is 1.92 bits per heavy atom. The van der Waals surface area contributed by atoms with E-state index in [1.165, 1.54) is 17.8 Å². The second-order valence-electron chi connectivity index (χ2n) is 5.28. The first kappa shape index (κ1) is 17.2. The molecule has 25 heavy (non-hydrogen) atoms. The maximum atomic E-state index is 13.8. The number of ether oxygens (including phenoxy) is 1. The fourth-order valence-electron chi connectivity index (χ4n) is 2.37. The van der Waals surface area contributed by atoms with Gasteiger partial charge in [-0.1, -0.05) is 24.3 Å². The molecule has 4 nitrogen and oxygen atoms in total. The van der Waals surface area contributed by atoms with Crippen LogP contribution in [0.1, 0.15) is 12.5 Å². The average Bonchev–Trinajstić information content (AvgIpc) is 2.92. The lowest BCUT2D eigenvalue weighted by Gasteiger charge is -2.12. The maximum absolute atomic E-state index is 13.8. The van der Waals surface area contributed by atoms with Gasteiger partial charge in [-0.3, -0.25) is 9.69 Å². The van der Waals surface area contributed by atoms with Crippen molar-refractivity contribution in [3.05, 3.63) is 64.8 Å². The smallest absolute Gasteiger partial charge is 0.266 e. The Hall–Kier alpha value is -2.60. The van der Waals surface area contributed by atoms with Crippen LogP contribution in [0.3, 0.4) is 0 Å². The number of methoxy groups -OCH3 is 1. The number of para-hydroxylation sites is 1. The van der Waals surface area contributed by atoms with Crippen LogP contribution in [-0.2, 0) is 4.79 Å². The van der Waals surface area contributed by atoms with Crippen LogP contribution in [0.5, 0.6) is 5.75 Å². The van der Waals surface area contributed by atoms with Gasteiger partial charge in [0, 0.05) is 6.54 Å². The van der Waals surface area contributed by atoms with E-state index in [2.05, 4.69) is 4.99 Å². The molecule has 0 saturated carbocycles. The minimum absolute atomic E-state index is 0.126. The van der Waals surface area contributed by atoms with Crippen molar-refractivity contribution in [3.63, 3.8) is 0 Å². The molecule has 2 aromatic rings. The topological polar surface area (TPSA) is 41.9 Å². The number of halogens is 1. The van der Waals surface area contributed by atoms with Crippen LogP contribution < -0.4 is 4.74 Å². The molecule has 6 heteroatoms. The van der Waals surface area contributed by atoms with Crippen molar-refractivity contribution >= 4 is 34.6 Å². The number of amides is 1. The van der Waals surface area contributed by atoms with Crippen LogP contribution in [0.25, 0.3) is 6.08 Å². The number of aliphatic imine (C=N–C) groups is 1. The van der Waals surface area contributed by atoms with E-state index in [-0.39, 0.29) is 11.6 Å². The van der Waals surface area contributed by atoms with Gasteiger partial charge < -0.3 is 4.74 Å². The summed E-state index contributed by atoms with van der Waals surface area (Å²) in [5, 5.41) is 0.484. The summed E-state index contributed by atoms with van der Waals surface area (Å²) >= 11 is 1.25. The monoisotopic (exact) mass is 356 g/mol. The molecule has 0 aliphatic carbocycles. The summed E-state index contributed by atoms with van der Waals surface area (Å²) in [5.41, 5.74) is 1.11. The third-order valence-electron chi connectivity index (χ3n) is 3.69. The van der Waals surface area contributed by atoms with Crippen LogP contribution in [0, 0.1) is 5.82 Å². The number of nitrogens with zero attached hydrogens (tertiary/aromatic N) is 2. The van der Waals surface area contributed by atoms with E-state index >= 15 is 0 Å². The van der Waals surface area contributed by atoms with E-state index in [1.54, 1.807) is 36.3 Å². The second kappa shape index (κ2) is 7.53. The molecule has 0 spiro atoms. The van der Waals surface area contributed by atoms with Crippen molar-refractivity contribution in [2.75, 3.05) is 13.7 Å². The molecule has 0 aromatic heterocycles. The summed E-state index contributed by atoms with van der Waals surface area (Å²) in [6.45, 7) is 2.34. The fraction of sp³-hybridized carbons (Fsp3) is 0.158. The van der Waals surface area contributed by atoms with E-state index in [9.17, 15) is 9.18 Å². The van der Waals surface area contributed by atoms with E-state index in [0.717, 1.165) is 11.3 Å². The van der Waals surface area contributed by atoms with Crippen molar-refractivity contribution in [1.82, 2.24) is 4.90 Å². The standard InChI is InChI=1S/C19H17FN2O2S/c1-3-22-18(23)17(12-13-8-10-14(24-2)11-9-13)25-19(22)21-16-7-5-4-6-15(16)20/h4-12H,3H2,1-2H3/b17-12+,21-19?. The lowest BCUT2D eigenvalue weighted by molar-refractivity contribution is -0.122. The molecule has 0 N–H and O–H groups in total. The minimum atomic E-state index is -0.410. The molecule has 1 amide bonds. The number of benzene rings is 2. The Kier molecular flexibility index (Phi) is 5.19. The Bertz CT molecular complexity index is 847. The summed E-state index contributed by atoms with van der Waals surface area (Å²) < 4.78 is 19.0. The highest BCUT2D eigenvalue weighted by atomic mass is 32.2. The molecular weight excluding hydrogens is 339 g/mol. The first-order valence-electron chi connectivity index (χ1n) is 7.81. The molecule has 1 saturated heterocycles. The predicted octanol–water partition coefficient (Wildman–Crippen LogP) is 4.46. The average molecular weight is 356 g/mol. The van der Waals surface area contributed by atoms with Gasteiger partial charge in [0.2, 0.25) is 0 Å². The van der Waals surface area contributed by atoms with Crippen LogP contribution in [-0.4, -0.2) is 29.6 Å². The third kappa shape index (κ3) is 3.74. The van der Waals surface area contributed by atoms with Gasteiger partial charge in [-0.2, -0.15) is 0 Å². The van der Waals surface area contributed by atoms with Crippen LogP contribution in [0.15, 0.2) is 58.4 Å². The molecule has 0 unspecified atom stereocenters. The van der Waals surface area contributed by atoms with Gasteiger partial charge in [0.15, 0.2) is 5.17 Å². The number of likely N-dealkylation sites (N-methyl/N-ethyl adjacent to an activating group) is 1. The van der Waals surface area contributed by atoms with Crippen molar-refractivity contribution in [2.45, 2.75) is 6.92 Å². The number of rotatable bonds is 4. The molecule has 3 rings (SSSR count). The van der Waals surface area contributed by atoms with Gasteiger partial charge in [0.25, 0.3) is 5.91 Å². The lowest BCUT2D eigenvalue weighted by Crippen LogP contribution is -2.28.